The summed E-state index contributed by atoms with van der Waals surface area (Å²) < 4.78 is 0. The Hall–Kier alpha value is -1.26. The van der Waals surface area contributed by atoms with Crippen LogP contribution in [0.2, 0.25) is 0 Å². The zero-order valence-corrected chi connectivity index (χ0v) is 11.8. The second-order valence-electron chi connectivity index (χ2n) is 5.98. The number of amides is 2. The van der Waals surface area contributed by atoms with E-state index in [1.54, 1.807) is 0 Å². The molecular weight excluding hydrogens is 244 g/mol. The first-order chi connectivity index (χ1) is 9.02. The Morgan fingerprint density at radius 1 is 1.32 bits per heavy atom. The molecule has 2 amide bonds. The lowest BCUT2D eigenvalue weighted by Crippen LogP contribution is -2.51. The molecule has 0 saturated heterocycles. The first-order valence-electron chi connectivity index (χ1n) is 7.32. The lowest BCUT2D eigenvalue weighted by Gasteiger charge is -2.27. The van der Waals surface area contributed by atoms with E-state index in [2.05, 4.69) is 5.32 Å². The zero-order chi connectivity index (χ0) is 14.0. The molecule has 0 aromatic rings. The van der Waals surface area contributed by atoms with Gasteiger partial charge in [-0.3, -0.25) is 0 Å². The predicted octanol–water partition coefficient (Wildman–Crippen LogP) is 2.07. The van der Waals surface area contributed by atoms with Gasteiger partial charge >= 0.3 is 12.0 Å². The molecule has 0 aliphatic heterocycles. The van der Waals surface area contributed by atoms with Crippen LogP contribution in [0.4, 0.5) is 4.79 Å². The molecular formula is C14H24N2O3. The second kappa shape index (κ2) is 5.80. The van der Waals surface area contributed by atoms with Gasteiger partial charge in [-0.15, -0.1) is 0 Å². The molecule has 108 valence electrons. The Morgan fingerprint density at radius 3 is 2.37 bits per heavy atom. The van der Waals surface area contributed by atoms with Gasteiger partial charge in [0, 0.05) is 12.6 Å². The fraction of sp³-hybridized carbons (Fsp3) is 0.857. The summed E-state index contributed by atoms with van der Waals surface area (Å²) in [6.45, 7) is 4.60. The van der Waals surface area contributed by atoms with Crippen LogP contribution >= 0.6 is 0 Å². The molecule has 19 heavy (non-hydrogen) atoms. The molecule has 0 aromatic heterocycles. The third-order valence-electron chi connectivity index (χ3n) is 4.16. The van der Waals surface area contributed by atoms with Crippen molar-refractivity contribution in [3.8, 4) is 0 Å². The SMILES string of the molecule is CC[C@H](C)[C@H](NC(=O)N(CC1CC1)C1CC1)C(=O)O. The molecule has 0 heterocycles. The molecule has 0 unspecified atom stereocenters. The lowest BCUT2D eigenvalue weighted by molar-refractivity contribution is -0.140. The van der Waals surface area contributed by atoms with Crippen LogP contribution in [-0.4, -0.2) is 40.6 Å². The number of carboxylic acids is 1. The highest BCUT2D eigenvalue weighted by atomic mass is 16.4. The number of nitrogens with one attached hydrogen (secondary N) is 1. The molecule has 2 atom stereocenters. The molecule has 2 N–H and O–H groups in total. The number of aliphatic carboxylic acids is 1. The minimum Gasteiger partial charge on any atom is -0.480 e. The van der Waals surface area contributed by atoms with Gasteiger partial charge in [0.25, 0.3) is 0 Å². The standard InChI is InChI=1S/C14H24N2O3/c1-3-9(2)12(13(17)18)15-14(19)16(11-6-7-11)8-10-4-5-10/h9-12H,3-8H2,1-2H3,(H,15,19)(H,17,18)/t9-,12-/m0/s1. The number of hydrogen-bond donors (Lipinski definition) is 2. The quantitative estimate of drug-likeness (QED) is 0.742. The van der Waals surface area contributed by atoms with Crippen molar-refractivity contribution in [3.63, 3.8) is 0 Å². The molecule has 5 nitrogen and oxygen atoms in total. The summed E-state index contributed by atoms with van der Waals surface area (Å²) in [5.41, 5.74) is 0. The number of carbonyl (C=O) groups is 2. The van der Waals surface area contributed by atoms with Gasteiger partial charge in [0.15, 0.2) is 0 Å². The number of rotatable bonds is 7. The highest BCUT2D eigenvalue weighted by Gasteiger charge is 2.38. The summed E-state index contributed by atoms with van der Waals surface area (Å²) in [6.07, 6.45) is 5.25. The maximum Gasteiger partial charge on any atom is 0.326 e. The van der Waals surface area contributed by atoms with E-state index >= 15 is 0 Å². The average molecular weight is 268 g/mol. The molecule has 0 bridgehead atoms. The first-order valence-corrected chi connectivity index (χ1v) is 7.32. The molecule has 0 radical (unpaired) electrons. The summed E-state index contributed by atoms with van der Waals surface area (Å²) in [5, 5.41) is 11.9. The van der Waals surface area contributed by atoms with Crippen LogP contribution < -0.4 is 5.32 Å². The summed E-state index contributed by atoms with van der Waals surface area (Å²) in [5.74, 6) is -0.355. The lowest BCUT2D eigenvalue weighted by atomic mass is 9.99. The van der Waals surface area contributed by atoms with E-state index in [9.17, 15) is 14.7 Å². The van der Waals surface area contributed by atoms with Gasteiger partial charge in [0.1, 0.15) is 6.04 Å². The van der Waals surface area contributed by atoms with Gasteiger partial charge in [-0.25, -0.2) is 9.59 Å². The maximum absolute atomic E-state index is 12.3. The normalized spacial score (nSPS) is 21.6. The second-order valence-corrected chi connectivity index (χ2v) is 5.98. The Balaban J connectivity index is 1.93. The monoisotopic (exact) mass is 268 g/mol. The van der Waals surface area contributed by atoms with Gasteiger partial charge in [-0.2, -0.15) is 0 Å². The van der Waals surface area contributed by atoms with E-state index in [-0.39, 0.29) is 11.9 Å². The molecule has 2 fully saturated rings. The van der Waals surface area contributed by atoms with Crippen molar-refractivity contribution in [2.75, 3.05) is 6.54 Å². The highest BCUT2D eigenvalue weighted by Crippen LogP contribution is 2.34. The summed E-state index contributed by atoms with van der Waals surface area (Å²) in [7, 11) is 0. The van der Waals surface area contributed by atoms with Crippen molar-refractivity contribution < 1.29 is 14.7 Å². The van der Waals surface area contributed by atoms with Crippen LogP contribution in [-0.2, 0) is 4.79 Å². The van der Waals surface area contributed by atoms with Gasteiger partial charge in [0.05, 0.1) is 0 Å². The number of urea groups is 1. The summed E-state index contributed by atoms with van der Waals surface area (Å²) in [4.78, 5) is 25.4. The van der Waals surface area contributed by atoms with Crippen LogP contribution in [0.3, 0.4) is 0 Å². The number of carboxylic acid groups (broad SMARTS) is 1. The smallest absolute Gasteiger partial charge is 0.326 e. The van der Waals surface area contributed by atoms with Crippen molar-refractivity contribution >= 4 is 12.0 Å². The van der Waals surface area contributed by atoms with Gasteiger partial charge < -0.3 is 15.3 Å². The third-order valence-corrected chi connectivity index (χ3v) is 4.16. The van der Waals surface area contributed by atoms with Crippen LogP contribution in [0.1, 0.15) is 46.0 Å². The third kappa shape index (κ3) is 3.85. The highest BCUT2D eigenvalue weighted by molar-refractivity contribution is 5.83. The van der Waals surface area contributed by atoms with E-state index in [1.807, 2.05) is 18.7 Å². The predicted molar refractivity (Wildman–Crippen MR) is 71.9 cm³/mol. The molecule has 5 heteroatoms. The largest absolute Gasteiger partial charge is 0.480 e. The summed E-state index contributed by atoms with van der Waals surface area (Å²) in [6, 6.07) is -0.632. The van der Waals surface area contributed by atoms with Crippen molar-refractivity contribution in [2.45, 2.75) is 58.0 Å². The Bertz CT molecular complexity index is 351. The van der Waals surface area contributed by atoms with E-state index in [0.717, 1.165) is 25.8 Å². The van der Waals surface area contributed by atoms with E-state index in [0.29, 0.717) is 12.0 Å². The van der Waals surface area contributed by atoms with Crippen molar-refractivity contribution in [3.05, 3.63) is 0 Å². The average Bonchev–Trinajstić information content (AvgIpc) is 3.24. The summed E-state index contributed by atoms with van der Waals surface area (Å²) >= 11 is 0. The van der Waals surface area contributed by atoms with Gasteiger partial charge in [-0.05, 0) is 37.5 Å². The minimum absolute atomic E-state index is 0.0524. The van der Waals surface area contributed by atoms with Crippen LogP contribution in [0.15, 0.2) is 0 Å². The first kappa shape index (κ1) is 14.2. The molecule has 0 spiro atoms. The topological polar surface area (TPSA) is 69.6 Å². The van der Waals surface area contributed by atoms with Gasteiger partial charge in [0.2, 0.25) is 0 Å². The van der Waals surface area contributed by atoms with E-state index < -0.39 is 12.0 Å². The fourth-order valence-electron chi connectivity index (χ4n) is 2.26. The van der Waals surface area contributed by atoms with Crippen LogP contribution in [0.25, 0.3) is 0 Å². The maximum atomic E-state index is 12.3. The number of nitrogens with zero attached hydrogens (tertiary/aromatic N) is 1. The van der Waals surface area contributed by atoms with E-state index in [4.69, 9.17) is 0 Å². The molecule has 2 aliphatic carbocycles. The fourth-order valence-corrected chi connectivity index (χ4v) is 2.26. The van der Waals surface area contributed by atoms with Crippen LogP contribution in [0, 0.1) is 11.8 Å². The zero-order valence-electron chi connectivity index (χ0n) is 11.8. The minimum atomic E-state index is -0.940. The molecule has 0 aromatic carbocycles. The number of hydrogen-bond acceptors (Lipinski definition) is 2. The molecule has 2 rings (SSSR count). The van der Waals surface area contributed by atoms with Crippen molar-refractivity contribution in [2.24, 2.45) is 11.8 Å². The molecule has 2 saturated carbocycles. The molecule has 2 aliphatic rings. The van der Waals surface area contributed by atoms with Crippen molar-refractivity contribution in [1.29, 1.82) is 0 Å². The van der Waals surface area contributed by atoms with Gasteiger partial charge in [-0.1, -0.05) is 20.3 Å². The number of carbonyl (C=O) groups excluding carboxylic acids is 1. The Kier molecular flexibility index (Phi) is 4.32. The van der Waals surface area contributed by atoms with Crippen molar-refractivity contribution in [1.82, 2.24) is 10.2 Å². The Labute approximate surface area is 114 Å². The van der Waals surface area contributed by atoms with Crippen LogP contribution in [0.5, 0.6) is 0 Å². The van der Waals surface area contributed by atoms with E-state index in [1.165, 1.54) is 12.8 Å². The Morgan fingerprint density at radius 2 is 1.95 bits per heavy atom.